The summed E-state index contributed by atoms with van der Waals surface area (Å²) >= 11 is 0. The second-order valence-corrected chi connectivity index (χ2v) is 7.85. The smallest absolute Gasteiger partial charge is 0.246 e. The van der Waals surface area contributed by atoms with Gasteiger partial charge in [-0.15, -0.1) is 0 Å². The van der Waals surface area contributed by atoms with Gasteiger partial charge in [-0.3, -0.25) is 19.4 Å². The van der Waals surface area contributed by atoms with Gasteiger partial charge in [-0.25, -0.2) is 0 Å². The molecule has 30 heavy (non-hydrogen) atoms. The Balaban J connectivity index is 1.45. The van der Waals surface area contributed by atoms with E-state index >= 15 is 0 Å². The molecule has 1 unspecified atom stereocenters. The number of nitrogens with one attached hydrogen (secondary N) is 1. The highest BCUT2D eigenvalue weighted by Gasteiger charge is 2.27. The van der Waals surface area contributed by atoms with Crippen LogP contribution in [0, 0.1) is 0 Å². The molecule has 162 valence electrons. The first-order valence-electron chi connectivity index (χ1n) is 10.5. The summed E-state index contributed by atoms with van der Waals surface area (Å²) < 4.78 is 1.71. The second-order valence-electron chi connectivity index (χ2n) is 7.85. The maximum atomic E-state index is 12.6. The lowest BCUT2D eigenvalue weighted by Crippen LogP contribution is -2.55. The summed E-state index contributed by atoms with van der Waals surface area (Å²) in [7, 11) is 5.78. The van der Waals surface area contributed by atoms with E-state index in [1.54, 1.807) is 22.8 Å². The zero-order valence-corrected chi connectivity index (χ0v) is 18.5. The average molecular weight is 412 g/mol. The number of rotatable bonds is 7. The van der Waals surface area contributed by atoms with Crippen LogP contribution < -0.4 is 10.2 Å². The zero-order valence-electron chi connectivity index (χ0n) is 18.5. The normalized spacial score (nSPS) is 16.3. The molecule has 8 heteroatoms. The van der Waals surface area contributed by atoms with Crippen LogP contribution in [-0.2, 0) is 18.4 Å². The third kappa shape index (κ3) is 5.60. The third-order valence-electron chi connectivity index (χ3n) is 5.61. The summed E-state index contributed by atoms with van der Waals surface area (Å²) in [5, 5.41) is 7.59. The van der Waals surface area contributed by atoms with Crippen LogP contribution in [0.3, 0.4) is 0 Å². The van der Waals surface area contributed by atoms with Crippen LogP contribution in [0.5, 0.6) is 0 Å². The Morgan fingerprint density at radius 2 is 2.07 bits per heavy atom. The summed E-state index contributed by atoms with van der Waals surface area (Å²) in [6.45, 7) is 5.67. The molecule has 1 aromatic heterocycles. The number of carbonyl (C=O) groups is 1. The fourth-order valence-corrected chi connectivity index (χ4v) is 3.65. The molecule has 0 spiro atoms. The number of guanidine groups is 1. The standard InChI is InChI=1S/C22H33N7O/c1-18(26(3)15-19-8-6-5-7-9-19)10-11-24-22(23-2)28-12-13-29(21(30)17-28)20-14-25-27(4)16-20/h5-9,14,16,18H,10-13,15,17H2,1-4H3,(H,23,24). The fourth-order valence-electron chi connectivity index (χ4n) is 3.65. The van der Waals surface area contributed by atoms with E-state index in [1.807, 2.05) is 24.2 Å². The zero-order chi connectivity index (χ0) is 21.5. The lowest BCUT2D eigenvalue weighted by Gasteiger charge is -2.35. The first-order chi connectivity index (χ1) is 14.5. The van der Waals surface area contributed by atoms with Gasteiger partial charge in [0.2, 0.25) is 5.91 Å². The molecule has 1 aliphatic rings. The van der Waals surface area contributed by atoms with Crippen LogP contribution in [0.2, 0.25) is 0 Å². The predicted octanol–water partition coefficient (Wildman–Crippen LogP) is 1.55. The number of carbonyl (C=O) groups excluding carboxylic acids is 1. The molecule has 1 saturated heterocycles. The van der Waals surface area contributed by atoms with Gasteiger partial charge >= 0.3 is 0 Å². The van der Waals surface area contributed by atoms with Crippen LogP contribution in [0.1, 0.15) is 18.9 Å². The van der Waals surface area contributed by atoms with Crippen molar-refractivity contribution in [3.8, 4) is 0 Å². The maximum absolute atomic E-state index is 12.6. The van der Waals surface area contributed by atoms with E-state index in [4.69, 9.17) is 0 Å². The molecule has 0 bridgehead atoms. The van der Waals surface area contributed by atoms with E-state index in [9.17, 15) is 4.79 Å². The predicted molar refractivity (Wildman–Crippen MR) is 120 cm³/mol. The van der Waals surface area contributed by atoms with Crippen molar-refractivity contribution in [2.75, 3.05) is 45.2 Å². The fraction of sp³-hybridized carbons (Fsp3) is 0.500. The van der Waals surface area contributed by atoms with Crippen LogP contribution in [-0.4, -0.2) is 77.8 Å². The molecule has 8 nitrogen and oxygen atoms in total. The van der Waals surface area contributed by atoms with E-state index in [1.165, 1.54) is 5.56 Å². The molecule has 2 heterocycles. The van der Waals surface area contributed by atoms with Crippen LogP contribution in [0.4, 0.5) is 5.69 Å². The number of aromatic nitrogens is 2. The highest BCUT2D eigenvalue weighted by molar-refractivity contribution is 5.98. The van der Waals surface area contributed by atoms with Crippen molar-refractivity contribution in [2.45, 2.75) is 25.9 Å². The van der Waals surface area contributed by atoms with Crippen molar-refractivity contribution in [2.24, 2.45) is 12.0 Å². The minimum atomic E-state index is 0.0631. The number of anilines is 1. The van der Waals surface area contributed by atoms with Crippen molar-refractivity contribution in [1.82, 2.24) is 24.9 Å². The van der Waals surface area contributed by atoms with E-state index in [-0.39, 0.29) is 5.91 Å². The highest BCUT2D eigenvalue weighted by atomic mass is 16.2. The lowest BCUT2D eigenvalue weighted by atomic mass is 10.1. The van der Waals surface area contributed by atoms with Crippen molar-refractivity contribution in [1.29, 1.82) is 0 Å². The Bertz CT molecular complexity index is 848. The minimum absolute atomic E-state index is 0.0631. The van der Waals surface area contributed by atoms with Crippen LogP contribution in [0.15, 0.2) is 47.7 Å². The van der Waals surface area contributed by atoms with Gasteiger partial charge in [-0.1, -0.05) is 30.3 Å². The number of aryl methyl sites for hydroxylation is 1. The Hall–Kier alpha value is -2.87. The molecule has 0 saturated carbocycles. The summed E-state index contributed by atoms with van der Waals surface area (Å²) in [4.78, 5) is 23.2. The number of aliphatic imine (C=N–C) groups is 1. The second kappa shape index (κ2) is 10.2. The van der Waals surface area contributed by atoms with Crippen molar-refractivity contribution < 1.29 is 4.79 Å². The first-order valence-corrected chi connectivity index (χ1v) is 10.5. The van der Waals surface area contributed by atoms with Gasteiger partial charge in [0.15, 0.2) is 5.96 Å². The summed E-state index contributed by atoms with van der Waals surface area (Å²) in [5.74, 6) is 0.847. The van der Waals surface area contributed by atoms with Gasteiger partial charge in [0.1, 0.15) is 6.54 Å². The number of benzene rings is 1. The van der Waals surface area contributed by atoms with E-state index in [0.717, 1.165) is 37.7 Å². The molecule has 1 N–H and O–H groups in total. The van der Waals surface area contributed by atoms with E-state index < -0.39 is 0 Å². The number of amides is 1. The summed E-state index contributed by atoms with van der Waals surface area (Å²) in [6, 6.07) is 10.9. The Morgan fingerprint density at radius 3 is 2.70 bits per heavy atom. The van der Waals surface area contributed by atoms with Crippen molar-refractivity contribution >= 4 is 17.6 Å². The SMILES string of the molecule is CN=C(NCCC(C)N(C)Cc1ccccc1)N1CCN(c2cnn(C)c2)C(=O)C1. The summed E-state index contributed by atoms with van der Waals surface area (Å²) in [6.07, 6.45) is 4.59. The molecule has 0 radical (unpaired) electrons. The van der Waals surface area contributed by atoms with Gasteiger partial charge < -0.3 is 15.1 Å². The molecule has 0 aliphatic carbocycles. The van der Waals surface area contributed by atoms with Crippen LogP contribution >= 0.6 is 0 Å². The third-order valence-corrected chi connectivity index (χ3v) is 5.61. The molecule has 1 aliphatic heterocycles. The molecule has 1 amide bonds. The number of hydrogen-bond donors (Lipinski definition) is 1. The monoisotopic (exact) mass is 411 g/mol. The largest absolute Gasteiger partial charge is 0.356 e. The molecular weight excluding hydrogens is 378 g/mol. The molecule has 1 aromatic carbocycles. The Labute approximate surface area is 179 Å². The van der Waals surface area contributed by atoms with Gasteiger partial charge in [0.05, 0.1) is 11.9 Å². The number of hydrogen-bond acceptors (Lipinski definition) is 4. The van der Waals surface area contributed by atoms with Gasteiger partial charge in [0, 0.05) is 52.5 Å². The van der Waals surface area contributed by atoms with Gasteiger partial charge in [-0.2, -0.15) is 5.10 Å². The Kier molecular flexibility index (Phi) is 7.46. The number of nitrogens with zero attached hydrogens (tertiary/aromatic N) is 6. The molecule has 1 fully saturated rings. The maximum Gasteiger partial charge on any atom is 0.246 e. The van der Waals surface area contributed by atoms with Crippen molar-refractivity contribution in [3.05, 3.63) is 48.3 Å². The van der Waals surface area contributed by atoms with E-state index in [2.05, 4.69) is 58.5 Å². The quantitative estimate of drug-likeness (QED) is 0.553. The topological polar surface area (TPSA) is 69.0 Å². The summed E-state index contributed by atoms with van der Waals surface area (Å²) in [5.41, 5.74) is 2.17. The van der Waals surface area contributed by atoms with Crippen molar-refractivity contribution in [3.63, 3.8) is 0 Å². The first kappa shape index (κ1) is 21.8. The average Bonchev–Trinajstić information content (AvgIpc) is 3.17. The Morgan fingerprint density at radius 1 is 1.30 bits per heavy atom. The molecule has 3 rings (SSSR count). The number of piperazine rings is 1. The molecule has 2 aromatic rings. The van der Waals surface area contributed by atoms with E-state index in [0.29, 0.717) is 19.1 Å². The van der Waals surface area contributed by atoms with Crippen LogP contribution in [0.25, 0.3) is 0 Å². The highest BCUT2D eigenvalue weighted by Crippen LogP contribution is 2.16. The van der Waals surface area contributed by atoms with Gasteiger partial charge in [-0.05, 0) is 26.0 Å². The lowest BCUT2D eigenvalue weighted by molar-refractivity contribution is -0.120. The molecule has 1 atom stereocenters. The van der Waals surface area contributed by atoms with Gasteiger partial charge in [0.25, 0.3) is 0 Å². The minimum Gasteiger partial charge on any atom is -0.356 e. The molecular formula is C22H33N7O.